The second-order valence-corrected chi connectivity index (χ2v) is 5.26. The predicted molar refractivity (Wildman–Crippen MR) is 71.1 cm³/mol. The Bertz CT molecular complexity index is 377. The fourth-order valence-electron chi connectivity index (χ4n) is 2.11. The van der Waals surface area contributed by atoms with Crippen molar-refractivity contribution in [2.75, 3.05) is 14.2 Å². The summed E-state index contributed by atoms with van der Waals surface area (Å²) in [6, 6.07) is 3.46. The molecule has 1 aromatic rings. The van der Waals surface area contributed by atoms with E-state index in [-0.39, 0.29) is 17.6 Å². The van der Waals surface area contributed by atoms with E-state index in [1.165, 1.54) is 0 Å². The Balaban J connectivity index is 3.16. The molecular weight excluding hydrogens is 230 g/mol. The van der Waals surface area contributed by atoms with E-state index in [2.05, 4.69) is 31.2 Å². The number of nitrogens with zero attached hydrogens (tertiary/aromatic N) is 1. The van der Waals surface area contributed by atoms with Crippen LogP contribution in [0.2, 0.25) is 0 Å². The Morgan fingerprint density at radius 1 is 1.33 bits per heavy atom. The van der Waals surface area contributed by atoms with Crippen LogP contribution in [-0.4, -0.2) is 25.3 Å². The van der Waals surface area contributed by atoms with Gasteiger partial charge in [-0.05, 0) is 17.5 Å². The molecule has 0 fully saturated rings. The molecule has 5 heteroatoms. The molecule has 0 aliphatic rings. The van der Waals surface area contributed by atoms with E-state index < -0.39 is 0 Å². The molecule has 1 rings (SSSR count). The first-order valence-corrected chi connectivity index (χ1v) is 5.93. The van der Waals surface area contributed by atoms with Gasteiger partial charge in [-0.2, -0.15) is 0 Å². The van der Waals surface area contributed by atoms with Crippen molar-refractivity contribution in [1.29, 1.82) is 0 Å². The van der Waals surface area contributed by atoms with E-state index in [0.717, 1.165) is 5.69 Å². The molecule has 0 aliphatic heterocycles. The van der Waals surface area contributed by atoms with Crippen LogP contribution in [0.25, 0.3) is 0 Å². The zero-order chi connectivity index (χ0) is 13.8. The Morgan fingerprint density at radius 2 is 2.00 bits per heavy atom. The van der Waals surface area contributed by atoms with Crippen molar-refractivity contribution in [3.05, 3.63) is 24.0 Å². The average Bonchev–Trinajstić information content (AvgIpc) is 2.34. The first-order valence-electron chi connectivity index (χ1n) is 5.93. The van der Waals surface area contributed by atoms with Crippen LogP contribution < -0.4 is 16.0 Å². The van der Waals surface area contributed by atoms with Gasteiger partial charge < -0.3 is 9.47 Å². The number of hydrogen-bond acceptors (Lipinski definition) is 5. The fourth-order valence-corrected chi connectivity index (χ4v) is 2.11. The molecule has 2 unspecified atom stereocenters. The van der Waals surface area contributed by atoms with Crippen LogP contribution in [0.5, 0.6) is 5.75 Å². The van der Waals surface area contributed by atoms with E-state index >= 15 is 0 Å². The van der Waals surface area contributed by atoms with Crippen LogP contribution in [0.15, 0.2) is 18.3 Å². The maximum Gasteiger partial charge on any atom is 0.142 e. The number of nitrogens with one attached hydrogen (secondary N) is 1. The molecule has 0 saturated carbocycles. The zero-order valence-corrected chi connectivity index (χ0v) is 11.7. The zero-order valence-electron chi connectivity index (χ0n) is 11.7. The standard InChI is InChI=1S/C13H23N3O2/c1-13(2,3)12(18-5)11(16-14)10-9(17-4)7-6-8-15-10/h6-8,11-12,16H,14H2,1-5H3. The summed E-state index contributed by atoms with van der Waals surface area (Å²) in [4.78, 5) is 4.36. The summed E-state index contributed by atoms with van der Waals surface area (Å²) < 4.78 is 10.9. The van der Waals surface area contributed by atoms with Gasteiger partial charge in [0.2, 0.25) is 0 Å². The van der Waals surface area contributed by atoms with Gasteiger partial charge in [0, 0.05) is 13.3 Å². The van der Waals surface area contributed by atoms with Crippen LogP contribution in [0.3, 0.4) is 0 Å². The number of hydrogen-bond donors (Lipinski definition) is 2. The number of hydrazine groups is 1. The van der Waals surface area contributed by atoms with Gasteiger partial charge in [-0.25, -0.2) is 5.43 Å². The summed E-state index contributed by atoms with van der Waals surface area (Å²) in [5, 5.41) is 0. The topological polar surface area (TPSA) is 69.4 Å². The minimum Gasteiger partial charge on any atom is -0.495 e. The van der Waals surface area contributed by atoms with E-state index in [1.807, 2.05) is 12.1 Å². The molecule has 0 aromatic carbocycles. The largest absolute Gasteiger partial charge is 0.495 e. The Labute approximate surface area is 109 Å². The average molecular weight is 253 g/mol. The van der Waals surface area contributed by atoms with Gasteiger partial charge in [0.05, 0.1) is 19.3 Å². The first kappa shape index (κ1) is 14.9. The highest BCUT2D eigenvalue weighted by molar-refractivity contribution is 5.30. The molecule has 0 radical (unpaired) electrons. The van der Waals surface area contributed by atoms with Gasteiger partial charge in [-0.3, -0.25) is 10.8 Å². The molecule has 1 heterocycles. The van der Waals surface area contributed by atoms with Crippen LogP contribution in [0, 0.1) is 5.41 Å². The van der Waals surface area contributed by atoms with E-state index in [1.54, 1.807) is 20.4 Å². The first-order chi connectivity index (χ1) is 8.45. The monoisotopic (exact) mass is 253 g/mol. The van der Waals surface area contributed by atoms with Gasteiger partial charge in [0.25, 0.3) is 0 Å². The highest BCUT2D eigenvalue weighted by atomic mass is 16.5. The van der Waals surface area contributed by atoms with Crippen molar-refractivity contribution in [1.82, 2.24) is 10.4 Å². The summed E-state index contributed by atoms with van der Waals surface area (Å²) in [6.07, 6.45) is 1.60. The van der Waals surface area contributed by atoms with Crippen molar-refractivity contribution in [3.63, 3.8) is 0 Å². The van der Waals surface area contributed by atoms with Gasteiger partial charge in [0.15, 0.2) is 0 Å². The fraction of sp³-hybridized carbons (Fsp3) is 0.615. The van der Waals surface area contributed by atoms with Crippen LogP contribution in [0.1, 0.15) is 32.5 Å². The number of nitrogens with two attached hydrogens (primary N) is 1. The molecule has 0 spiro atoms. The van der Waals surface area contributed by atoms with Crippen LogP contribution >= 0.6 is 0 Å². The highest BCUT2D eigenvalue weighted by Gasteiger charge is 2.35. The molecule has 102 valence electrons. The molecule has 3 N–H and O–H groups in total. The van der Waals surface area contributed by atoms with Crippen molar-refractivity contribution in [2.45, 2.75) is 32.9 Å². The summed E-state index contributed by atoms with van der Waals surface area (Å²) in [6.45, 7) is 6.29. The summed E-state index contributed by atoms with van der Waals surface area (Å²) >= 11 is 0. The minimum absolute atomic E-state index is 0.0751. The molecule has 0 amide bonds. The molecule has 0 aliphatic carbocycles. The summed E-state index contributed by atoms with van der Waals surface area (Å²) in [5.74, 6) is 6.38. The maximum atomic E-state index is 5.68. The smallest absolute Gasteiger partial charge is 0.142 e. The predicted octanol–water partition coefficient (Wildman–Crippen LogP) is 1.66. The van der Waals surface area contributed by atoms with Gasteiger partial charge in [-0.15, -0.1) is 0 Å². The second kappa shape index (κ2) is 6.13. The molecule has 5 nitrogen and oxygen atoms in total. The molecular formula is C13H23N3O2. The second-order valence-electron chi connectivity index (χ2n) is 5.26. The Hall–Kier alpha value is -1.17. The lowest BCUT2D eigenvalue weighted by Crippen LogP contribution is -2.44. The normalized spacial score (nSPS) is 15.2. The Kier molecular flexibility index (Phi) is 5.07. The highest BCUT2D eigenvalue weighted by Crippen LogP contribution is 2.34. The van der Waals surface area contributed by atoms with Gasteiger partial charge in [0.1, 0.15) is 11.4 Å². The number of pyridine rings is 1. The molecule has 0 saturated heterocycles. The lowest BCUT2D eigenvalue weighted by molar-refractivity contribution is -0.0135. The molecule has 1 aromatic heterocycles. The van der Waals surface area contributed by atoms with Crippen molar-refractivity contribution in [3.8, 4) is 5.75 Å². The quantitative estimate of drug-likeness (QED) is 0.617. The third-order valence-corrected chi connectivity index (χ3v) is 2.90. The molecule has 0 bridgehead atoms. The lowest BCUT2D eigenvalue weighted by atomic mass is 9.83. The number of methoxy groups -OCH3 is 2. The number of ether oxygens (including phenoxy) is 2. The van der Waals surface area contributed by atoms with E-state index in [0.29, 0.717) is 5.75 Å². The number of aromatic nitrogens is 1. The third kappa shape index (κ3) is 3.19. The van der Waals surface area contributed by atoms with Gasteiger partial charge >= 0.3 is 0 Å². The molecule has 2 atom stereocenters. The van der Waals surface area contributed by atoms with Crippen LogP contribution in [0.4, 0.5) is 0 Å². The van der Waals surface area contributed by atoms with E-state index in [9.17, 15) is 0 Å². The summed E-state index contributed by atoms with van der Waals surface area (Å²) in [5.41, 5.74) is 3.46. The van der Waals surface area contributed by atoms with Crippen molar-refractivity contribution >= 4 is 0 Å². The Morgan fingerprint density at radius 3 is 2.44 bits per heavy atom. The van der Waals surface area contributed by atoms with Gasteiger partial charge in [-0.1, -0.05) is 20.8 Å². The lowest BCUT2D eigenvalue weighted by Gasteiger charge is -2.35. The number of rotatable bonds is 5. The van der Waals surface area contributed by atoms with E-state index in [4.69, 9.17) is 15.3 Å². The van der Waals surface area contributed by atoms with Crippen LogP contribution in [-0.2, 0) is 4.74 Å². The maximum absolute atomic E-state index is 5.68. The molecule has 18 heavy (non-hydrogen) atoms. The third-order valence-electron chi connectivity index (χ3n) is 2.90. The minimum atomic E-state index is -0.230. The van der Waals surface area contributed by atoms with Crippen molar-refractivity contribution < 1.29 is 9.47 Å². The van der Waals surface area contributed by atoms with Crippen molar-refractivity contribution in [2.24, 2.45) is 11.3 Å². The summed E-state index contributed by atoms with van der Waals surface area (Å²) in [7, 11) is 3.29. The SMILES string of the molecule is COc1cccnc1C(NN)C(OC)C(C)(C)C.